The first kappa shape index (κ1) is 23.6. The van der Waals surface area contributed by atoms with Crippen LogP contribution in [0.3, 0.4) is 0 Å². The van der Waals surface area contributed by atoms with Crippen LogP contribution in [0.4, 0.5) is 4.79 Å². The highest BCUT2D eigenvalue weighted by Gasteiger charge is 2.35. The lowest BCUT2D eigenvalue weighted by Gasteiger charge is -2.35. The highest BCUT2D eigenvalue weighted by atomic mass is 35.5. The molecule has 0 saturated heterocycles. The summed E-state index contributed by atoms with van der Waals surface area (Å²) < 4.78 is 10.2. The third-order valence-corrected chi connectivity index (χ3v) is 5.99. The lowest BCUT2D eigenvalue weighted by Crippen LogP contribution is -2.41. The van der Waals surface area contributed by atoms with Gasteiger partial charge in [0, 0.05) is 33.7 Å². The molecule has 0 aliphatic carbocycles. The van der Waals surface area contributed by atoms with E-state index in [0.717, 1.165) is 27.7 Å². The average molecular weight is 484 g/mol. The van der Waals surface area contributed by atoms with Crippen LogP contribution in [0.15, 0.2) is 42.5 Å². The lowest BCUT2D eigenvalue weighted by molar-refractivity contribution is -0.141. The number of ether oxygens (including phenoxy) is 2. The molecule has 4 rings (SSSR count). The van der Waals surface area contributed by atoms with Gasteiger partial charge in [0.15, 0.2) is 0 Å². The topological polar surface area (TPSA) is 101 Å². The molecule has 2 aromatic carbocycles. The number of rotatable bonds is 6. The van der Waals surface area contributed by atoms with Crippen LogP contribution in [0.25, 0.3) is 10.9 Å². The van der Waals surface area contributed by atoms with Gasteiger partial charge in [-0.3, -0.25) is 14.5 Å². The number of hydrogen-bond donors (Lipinski definition) is 2. The summed E-state index contributed by atoms with van der Waals surface area (Å²) in [5.41, 5.74) is 3.99. The Kier molecular flexibility index (Phi) is 7.07. The monoisotopic (exact) mass is 483 g/mol. The van der Waals surface area contributed by atoms with E-state index in [1.165, 1.54) is 0 Å². The zero-order valence-electron chi connectivity index (χ0n) is 19.0. The van der Waals surface area contributed by atoms with E-state index in [1.54, 1.807) is 36.9 Å². The molecule has 3 aromatic rings. The number of nitrogens with one attached hydrogen (secondary N) is 2. The molecular formula is C25H26ClN3O5. The van der Waals surface area contributed by atoms with Crippen LogP contribution in [0.1, 0.15) is 47.1 Å². The molecule has 0 fully saturated rings. The van der Waals surface area contributed by atoms with Crippen LogP contribution in [0.5, 0.6) is 0 Å². The number of halogens is 1. The fourth-order valence-electron chi connectivity index (χ4n) is 4.33. The summed E-state index contributed by atoms with van der Waals surface area (Å²) >= 11 is 6.24. The number of carbonyl (C=O) groups excluding carboxylic acids is 3. The minimum Gasteiger partial charge on any atom is -0.465 e. The largest absolute Gasteiger partial charge is 0.465 e. The third-order valence-electron chi connectivity index (χ3n) is 5.75. The van der Waals surface area contributed by atoms with Gasteiger partial charge in [-0.15, -0.1) is 0 Å². The minimum absolute atomic E-state index is 0.220. The quantitative estimate of drug-likeness (QED) is 0.511. The van der Waals surface area contributed by atoms with Crippen LogP contribution in [0, 0.1) is 0 Å². The Hall–Kier alpha value is -3.52. The number of hydrogen-bond acceptors (Lipinski definition) is 5. The molecule has 0 saturated carbocycles. The smallest absolute Gasteiger partial charge is 0.410 e. The van der Waals surface area contributed by atoms with Crippen molar-refractivity contribution in [3.8, 4) is 0 Å². The second kappa shape index (κ2) is 10.2. The molecule has 9 heteroatoms. The molecule has 2 amide bonds. The van der Waals surface area contributed by atoms with Gasteiger partial charge < -0.3 is 19.8 Å². The molecule has 2 N–H and O–H groups in total. The number of esters is 1. The SMILES string of the molecule is CCOC(=O)CNC(=O)c1cccc(C2c3[nH]c4ccc(Cl)cc4c3CCN2C(=O)OCC)c1. The Morgan fingerprint density at radius 2 is 1.91 bits per heavy atom. The average Bonchev–Trinajstić information content (AvgIpc) is 3.20. The van der Waals surface area contributed by atoms with E-state index >= 15 is 0 Å². The van der Waals surface area contributed by atoms with Crippen molar-refractivity contribution >= 4 is 40.5 Å². The van der Waals surface area contributed by atoms with Crippen LogP contribution < -0.4 is 5.32 Å². The van der Waals surface area contributed by atoms with Gasteiger partial charge in [-0.25, -0.2) is 4.79 Å². The zero-order chi connectivity index (χ0) is 24.2. The number of carbonyl (C=O) groups is 3. The summed E-state index contributed by atoms with van der Waals surface area (Å²) in [7, 11) is 0. The van der Waals surface area contributed by atoms with Crippen molar-refractivity contribution in [1.29, 1.82) is 0 Å². The van der Waals surface area contributed by atoms with E-state index < -0.39 is 24.0 Å². The van der Waals surface area contributed by atoms with Gasteiger partial charge in [0.1, 0.15) is 12.6 Å². The fourth-order valence-corrected chi connectivity index (χ4v) is 4.50. The Bertz CT molecular complexity index is 1240. The normalized spacial score (nSPS) is 15.0. The van der Waals surface area contributed by atoms with Crippen LogP contribution in [-0.4, -0.2) is 54.2 Å². The van der Waals surface area contributed by atoms with Crippen molar-refractivity contribution in [1.82, 2.24) is 15.2 Å². The van der Waals surface area contributed by atoms with Crippen LogP contribution >= 0.6 is 11.6 Å². The number of benzene rings is 2. The number of fused-ring (bicyclic) bond motifs is 3. The maximum absolute atomic E-state index is 12.9. The zero-order valence-corrected chi connectivity index (χ0v) is 19.8. The van der Waals surface area contributed by atoms with E-state index in [4.69, 9.17) is 21.1 Å². The summed E-state index contributed by atoms with van der Waals surface area (Å²) in [6.45, 7) is 4.20. The Balaban J connectivity index is 1.72. The number of H-pyrrole nitrogens is 1. The maximum Gasteiger partial charge on any atom is 0.410 e. The molecule has 1 aromatic heterocycles. The van der Waals surface area contributed by atoms with Crippen LogP contribution in [0.2, 0.25) is 5.02 Å². The summed E-state index contributed by atoms with van der Waals surface area (Å²) in [6.07, 6.45) is 0.219. The first-order valence-corrected chi connectivity index (χ1v) is 11.6. The van der Waals surface area contributed by atoms with Gasteiger partial charge >= 0.3 is 12.1 Å². The first-order valence-electron chi connectivity index (χ1n) is 11.2. The molecule has 1 unspecified atom stereocenters. The molecule has 0 bridgehead atoms. The Morgan fingerprint density at radius 3 is 2.68 bits per heavy atom. The Morgan fingerprint density at radius 1 is 1.12 bits per heavy atom. The number of aromatic amines is 1. The molecule has 1 atom stereocenters. The molecule has 1 aliphatic rings. The summed E-state index contributed by atoms with van der Waals surface area (Å²) in [5.74, 6) is -0.911. The third kappa shape index (κ3) is 4.72. The van der Waals surface area contributed by atoms with E-state index in [9.17, 15) is 14.4 Å². The standard InChI is InChI=1S/C25H26ClN3O5/c1-3-33-21(30)14-27-24(31)16-7-5-6-15(12-16)23-22-18(10-11-29(23)25(32)34-4-2)19-13-17(26)8-9-20(19)28-22/h5-9,12-13,23,28H,3-4,10-11,14H2,1-2H3,(H,27,31). The van der Waals surface area contributed by atoms with E-state index in [1.807, 2.05) is 24.3 Å². The second-order valence-corrected chi connectivity index (χ2v) is 8.30. The maximum atomic E-state index is 12.9. The number of aromatic nitrogens is 1. The summed E-state index contributed by atoms with van der Waals surface area (Å²) in [5, 5.41) is 4.22. The van der Waals surface area contributed by atoms with E-state index in [0.29, 0.717) is 23.6 Å². The highest BCUT2D eigenvalue weighted by Crippen LogP contribution is 2.39. The number of amides is 2. The van der Waals surface area contributed by atoms with Gasteiger partial charge in [-0.1, -0.05) is 23.7 Å². The molecule has 1 aliphatic heterocycles. The molecular weight excluding hydrogens is 458 g/mol. The Labute approximate surface area is 202 Å². The summed E-state index contributed by atoms with van der Waals surface area (Å²) in [6, 6.07) is 12.2. The van der Waals surface area contributed by atoms with E-state index in [-0.39, 0.29) is 19.8 Å². The van der Waals surface area contributed by atoms with Gasteiger partial charge in [0.05, 0.1) is 13.2 Å². The molecule has 2 heterocycles. The molecule has 0 spiro atoms. The van der Waals surface area contributed by atoms with Crippen molar-refractivity contribution in [2.75, 3.05) is 26.3 Å². The lowest BCUT2D eigenvalue weighted by atomic mass is 9.92. The fraction of sp³-hybridized carbons (Fsp3) is 0.320. The molecule has 178 valence electrons. The number of nitrogens with zero attached hydrogens (tertiary/aromatic N) is 1. The highest BCUT2D eigenvalue weighted by molar-refractivity contribution is 6.31. The predicted octanol–water partition coefficient (Wildman–Crippen LogP) is 4.22. The van der Waals surface area contributed by atoms with Gasteiger partial charge in [-0.05, 0) is 61.7 Å². The molecule has 0 radical (unpaired) electrons. The van der Waals surface area contributed by atoms with Crippen molar-refractivity contribution < 1.29 is 23.9 Å². The molecule has 8 nitrogen and oxygen atoms in total. The van der Waals surface area contributed by atoms with Crippen molar-refractivity contribution in [2.45, 2.75) is 26.3 Å². The van der Waals surface area contributed by atoms with Gasteiger partial charge in [-0.2, -0.15) is 0 Å². The van der Waals surface area contributed by atoms with Crippen molar-refractivity contribution in [3.05, 3.63) is 69.9 Å². The minimum atomic E-state index is -0.505. The predicted molar refractivity (Wildman–Crippen MR) is 128 cm³/mol. The van der Waals surface area contributed by atoms with Gasteiger partial charge in [0.25, 0.3) is 5.91 Å². The van der Waals surface area contributed by atoms with Crippen molar-refractivity contribution in [3.63, 3.8) is 0 Å². The first-order chi connectivity index (χ1) is 16.4. The van der Waals surface area contributed by atoms with Gasteiger partial charge in [0.2, 0.25) is 0 Å². The molecule has 34 heavy (non-hydrogen) atoms. The van der Waals surface area contributed by atoms with Crippen LogP contribution in [-0.2, 0) is 20.7 Å². The van der Waals surface area contributed by atoms with Crippen molar-refractivity contribution in [2.24, 2.45) is 0 Å². The second-order valence-electron chi connectivity index (χ2n) is 7.87. The summed E-state index contributed by atoms with van der Waals surface area (Å²) in [4.78, 5) is 42.3. The van der Waals surface area contributed by atoms with E-state index in [2.05, 4.69) is 10.3 Å².